The van der Waals surface area contributed by atoms with Gasteiger partial charge >= 0.3 is 5.97 Å². The molecule has 0 saturated heterocycles. The normalized spacial score (nSPS) is 10.8. The molecule has 1 aromatic heterocycles. The summed E-state index contributed by atoms with van der Waals surface area (Å²) in [4.78, 5) is 23.0. The number of rotatable bonds is 4. The van der Waals surface area contributed by atoms with Gasteiger partial charge in [0.15, 0.2) is 0 Å². The summed E-state index contributed by atoms with van der Waals surface area (Å²) in [5.74, 6) is -2.48. The number of aryl methyl sites for hydroxylation is 1. The molecule has 0 unspecified atom stereocenters. The van der Waals surface area contributed by atoms with Gasteiger partial charge in [-0.2, -0.15) is 5.10 Å². The van der Waals surface area contributed by atoms with Crippen molar-refractivity contribution >= 4 is 17.6 Å². The highest BCUT2D eigenvalue weighted by molar-refractivity contribution is 6.05. The first-order chi connectivity index (χ1) is 10.3. The lowest BCUT2D eigenvalue weighted by Crippen LogP contribution is -2.15. The Kier molecular flexibility index (Phi) is 4.25. The van der Waals surface area contributed by atoms with Gasteiger partial charge in [-0.25, -0.2) is 9.18 Å². The number of halogens is 1. The van der Waals surface area contributed by atoms with Crippen LogP contribution in [0.1, 0.15) is 46.2 Å². The maximum Gasteiger partial charge on any atom is 0.335 e. The minimum atomic E-state index is -1.23. The number of aromatic carboxylic acids is 1. The lowest BCUT2D eigenvalue weighted by molar-refractivity contribution is 0.0696. The maximum absolute atomic E-state index is 13.9. The van der Waals surface area contributed by atoms with E-state index in [9.17, 15) is 14.0 Å². The van der Waals surface area contributed by atoms with E-state index >= 15 is 0 Å². The first kappa shape index (κ1) is 15.7. The van der Waals surface area contributed by atoms with Crippen molar-refractivity contribution in [3.63, 3.8) is 0 Å². The molecule has 0 aliphatic carbocycles. The highest BCUT2D eigenvalue weighted by Crippen LogP contribution is 2.21. The Bertz CT molecular complexity index is 738. The molecule has 1 aromatic carbocycles. The molecule has 0 radical (unpaired) electrons. The molecular formula is C15H16FN3O3. The number of amides is 1. The molecule has 0 fully saturated rings. The largest absolute Gasteiger partial charge is 0.478 e. The van der Waals surface area contributed by atoms with Gasteiger partial charge in [-0.15, -0.1) is 0 Å². The average molecular weight is 305 g/mol. The zero-order valence-corrected chi connectivity index (χ0v) is 12.4. The Morgan fingerprint density at radius 2 is 2.05 bits per heavy atom. The molecule has 2 rings (SSSR count). The van der Waals surface area contributed by atoms with Crippen molar-refractivity contribution in [2.45, 2.75) is 19.8 Å². The molecule has 2 N–H and O–H groups in total. The lowest BCUT2D eigenvalue weighted by atomic mass is 10.1. The second-order valence-corrected chi connectivity index (χ2v) is 5.21. The standard InChI is InChI=1S/C15H16FN3O3/c1-8(2)13-10(7-19(3)18-13)14(20)17-12-5-4-9(15(21)22)6-11(12)16/h4-8H,1-3H3,(H,17,20)(H,21,22). The van der Waals surface area contributed by atoms with Crippen LogP contribution in [0.5, 0.6) is 0 Å². The van der Waals surface area contributed by atoms with Crippen molar-refractivity contribution in [2.75, 3.05) is 5.32 Å². The predicted molar refractivity (Wildman–Crippen MR) is 78.6 cm³/mol. The van der Waals surface area contributed by atoms with Crippen molar-refractivity contribution in [1.29, 1.82) is 0 Å². The molecule has 0 aliphatic heterocycles. The van der Waals surface area contributed by atoms with Crippen molar-refractivity contribution in [3.8, 4) is 0 Å². The summed E-state index contributed by atoms with van der Waals surface area (Å²) in [6.07, 6.45) is 1.56. The lowest BCUT2D eigenvalue weighted by Gasteiger charge is -2.08. The number of hydrogen-bond acceptors (Lipinski definition) is 3. The van der Waals surface area contributed by atoms with Crippen LogP contribution < -0.4 is 5.32 Å². The molecule has 1 amide bonds. The number of carboxylic acid groups (broad SMARTS) is 1. The molecule has 7 heteroatoms. The van der Waals surface area contributed by atoms with Gasteiger partial charge in [-0.1, -0.05) is 13.8 Å². The highest BCUT2D eigenvalue weighted by Gasteiger charge is 2.19. The molecule has 2 aromatic rings. The summed E-state index contributed by atoms with van der Waals surface area (Å²) in [7, 11) is 1.70. The van der Waals surface area contributed by atoms with Crippen LogP contribution in [-0.4, -0.2) is 26.8 Å². The van der Waals surface area contributed by atoms with Gasteiger partial charge in [0.1, 0.15) is 5.82 Å². The molecule has 0 bridgehead atoms. The molecule has 0 aliphatic rings. The summed E-state index contributed by atoms with van der Waals surface area (Å²) >= 11 is 0. The molecule has 116 valence electrons. The van der Waals surface area contributed by atoms with Gasteiger partial charge in [-0.05, 0) is 24.1 Å². The van der Waals surface area contributed by atoms with Crippen molar-refractivity contribution in [1.82, 2.24) is 9.78 Å². The van der Waals surface area contributed by atoms with E-state index in [0.29, 0.717) is 11.3 Å². The maximum atomic E-state index is 13.9. The van der Waals surface area contributed by atoms with Crippen LogP contribution >= 0.6 is 0 Å². The highest BCUT2D eigenvalue weighted by atomic mass is 19.1. The van der Waals surface area contributed by atoms with Gasteiger partial charge in [0, 0.05) is 13.2 Å². The molecule has 22 heavy (non-hydrogen) atoms. The minimum absolute atomic E-state index is 0.0428. The second-order valence-electron chi connectivity index (χ2n) is 5.21. The molecule has 1 heterocycles. The van der Waals surface area contributed by atoms with E-state index in [1.807, 2.05) is 13.8 Å². The van der Waals surface area contributed by atoms with Crippen LogP contribution in [0, 0.1) is 5.82 Å². The van der Waals surface area contributed by atoms with Crippen molar-refractivity contribution < 1.29 is 19.1 Å². The molecule has 0 saturated carbocycles. The monoisotopic (exact) mass is 305 g/mol. The van der Waals surface area contributed by atoms with E-state index in [1.54, 1.807) is 13.2 Å². The topological polar surface area (TPSA) is 84.2 Å². The van der Waals surface area contributed by atoms with Crippen LogP contribution in [0.3, 0.4) is 0 Å². The van der Waals surface area contributed by atoms with E-state index < -0.39 is 17.7 Å². The number of hydrogen-bond donors (Lipinski definition) is 2. The fourth-order valence-corrected chi connectivity index (χ4v) is 2.05. The van der Waals surface area contributed by atoms with Gasteiger partial charge in [0.25, 0.3) is 5.91 Å². The Morgan fingerprint density at radius 3 is 2.59 bits per heavy atom. The van der Waals surface area contributed by atoms with Crippen molar-refractivity contribution in [3.05, 3.63) is 47.0 Å². The van der Waals surface area contributed by atoms with Gasteiger partial charge in [-0.3, -0.25) is 9.48 Å². The molecular weight excluding hydrogens is 289 g/mol. The number of aromatic nitrogens is 2. The smallest absolute Gasteiger partial charge is 0.335 e. The number of carboxylic acids is 1. The van der Waals surface area contributed by atoms with Crippen molar-refractivity contribution in [2.24, 2.45) is 7.05 Å². The van der Waals surface area contributed by atoms with E-state index in [-0.39, 0.29) is 17.2 Å². The first-order valence-electron chi connectivity index (χ1n) is 6.67. The van der Waals surface area contributed by atoms with E-state index in [1.165, 1.54) is 16.8 Å². The van der Waals surface area contributed by atoms with Crippen LogP contribution in [0.15, 0.2) is 24.4 Å². The number of carbonyl (C=O) groups is 2. The summed E-state index contributed by atoms with van der Waals surface area (Å²) in [5, 5.41) is 15.5. The summed E-state index contributed by atoms with van der Waals surface area (Å²) in [6, 6.07) is 3.32. The third kappa shape index (κ3) is 3.13. The van der Waals surface area contributed by atoms with Gasteiger partial charge in [0.05, 0.1) is 22.5 Å². The average Bonchev–Trinajstić information content (AvgIpc) is 2.83. The molecule has 0 spiro atoms. The van der Waals surface area contributed by atoms with E-state index in [4.69, 9.17) is 5.11 Å². The number of benzene rings is 1. The SMILES string of the molecule is CC(C)c1nn(C)cc1C(=O)Nc1ccc(C(=O)O)cc1F. The van der Waals surface area contributed by atoms with Crippen LogP contribution in [0.25, 0.3) is 0 Å². The Labute approximate surface area is 126 Å². The quantitative estimate of drug-likeness (QED) is 0.909. The molecule has 6 nitrogen and oxygen atoms in total. The van der Waals surface area contributed by atoms with Gasteiger partial charge < -0.3 is 10.4 Å². The summed E-state index contributed by atoms with van der Waals surface area (Å²) in [5.41, 5.74) is 0.718. The fraction of sp³-hybridized carbons (Fsp3) is 0.267. The summed E-state index contributed by atoms with van der Waals surface area (Å²) < 4.78 is 15.4. The third-order valence-corrected chi connectivity index (χ3v) is 3.11. The number of carbonyl (C=O) groups excluding carboxylic acids is 1. The van der Waals surface area contributed by atoms with Gasteiger partial charge in [0.2, 0.25) is 0 Å². The Balaban J connectivity index is 2.28. The number of nitrogens with one attached hydrogen (secondary N) is 1. The van der Waals surface area contributed by atoms with Crippen LogP contribution in [0.4, 0.5) is 10.1 Å². The second kappa shape index (κ2) is 5.97. The zero-order chi connectivity index (χ0) is 16.4. The van der Waals surface area contributed by atoms with E-state index in [0.717, 1.165) is 6.07 Å². The number of nitrogens with zero attached hydrogens (tertiary/aromatic N) is 2. The zero-order valence-electron chi connectivity index (χ0n) is 12.4. The van der Waals surface area contributed by atoms with E-state index in [2.05, 4.69) is 10.4 Å². The van der Waals surface area contributed by atoms with Crippen LogP contribution in [0.2, 0.25) is 0 Å². The summed E-state index contributed by atoms with van der Waals surface area (Å²) in [6.45, 7) is 3.81. The number of anilines is 1. The van der Waals surface area contributed by atoms with Crippen LogP contribution in [-0.2, 0) is 7.05 Å². The minimum Gasteiger partial charge on any atom is -0.478 e. The Morgan fingerprint density at radius 1 is 1.36 bits per heavy atom. The third-order valence-electron chi connectivity index (χ3n) is 3.11. The predicted octanol–water partition coefficient (Wildman–Crippen LogP) is 2.63. The molecule has 0 atom stereocenters. The Hall–Kier alpha value is -2.70. The fourth-order valence-electron chi connectivity index (χ4n) is 2.05. The first-order valence-corrected chi connectivity index (χ1v) is 6.67.